The smallest absolute Gasteiger partial charge is 0.328 e. The van der Waals surface area contributed by atoms with E-state index in [0.717, 1.165) is 37.3 Å². The summed E-state index contributed by atoms with van der Waals surface area (Å²) in [5.41, 5.74) is 3.16. The van der Waals surface area contributed by atoms with Gasteiger partial charge in [-0.2, -0.15) is 5.10 Å². The number of aryl methyl sites for hydroxylation is 1. The highest BCUT2D eigenvalue weighted by Crippen LogP contribution is 2.25. The summed E-state index contributed by atoms with van der Waals surface area (Å²) >= 11 is 0. The molecule has 1 aliphatic rings. The molecule has 2 atom stereocenters. The Kier molecular flexibility index (Phi) is 6.40. The van der Waals surface area contributed by atoms with Crippen molar-refractivity contribution in [3.05, 3.63) is 17.0 Å². The van der Waals surface area contributed by atoms with Crippen molar-refractivity contribution >= 4 is 5.97 Å². The number of hydrogen-bond donors (Lipinski definition) is 1. The summed E-state index contributed by atoms with van der Waals surface area (Å²) in [5, 5.41) is 14.0. The summed E-state index contributed by atoms with van der Waals surface area (Å²) in [6.07, 6.45) is 2.09. The molecule has 1 N–H and O–H groups in total. The van der Waals surface area contributed by atoms with Crippen LogP contribution in [-0.4, -0.2) is 51.1 Å². The van der Waals surface area contributed by atoms with Crippen molar-refractivity contribution < 1.29 is 14.6 Å². The Morgan fingerprint density at radius 1 is 1.38 bits per heavy atom. The van der Waals surface area contributed by atoms with E-state index in [0.29, 0.717) is 12.0 Å². The van der Waals surface area contributed by atoms with Gasteiger partial charge in [0.1, 0.15) is 6.54 Å². The number of rotatable bonds is 6. The minimum Gasteiger partial charge on any atom is -0.462 e. The predicted octanol–water partition coefficient (Wildman–Crippen LogP) is 2.04. The number of aliphatic hydroxyl groups excluding tert-OH is 1. The Balaban J connectivity index is 2.09. The van der Waals surface area contributed by atoms with Crippen LogP contribution in [0.4, 0.5) is 0 Å². The van der Waals surface area contributed by atoms with Crippen LogP contribution in [-0.2, 0) is 22.6 Å². The first-order valence-electron chi connectivity index (χ1n) is 8.89. The number of carbonyl (C=O) groups excluding carboxylic acids is 1. The second kappa shape index (κ2) is 8.12. The SMILES string of the molecule is Cc1nn(CC(=O)OC(C)C)c(C)c1CN1CC(CO)CCC1C. The molecule has 2 unspecified atom stereocenters. The molecule has 2 heterocycles. The molecule has 6 heteroatoms. The molecule has 0 aromatic carbocycles. The number of esters is 1. The quantitative estimate of drug-likeness (QED) is 0.805. The average Bonchev–Trinajstić information content (AvgIpc) is 2.76. The van der Waals surface area contributed by atoms with Crippen LogP contribution in [0.15, 0.2) is 0 Å². The number of carbonyl (C=O) groups is 1. The van der Waals surface area contributed by atoms with Gasteiger partial charge in [0.25, 0.3) is 0 Å². The summed E-state index contributed by atoms with van der Waals surface area (Å²) in [5.74, 6) is 0.103. The lowest BCUT2D eigenvalue weighted by Crippen LogP contribution is -2.42. The van der Waals surface area contributed by atoms with Gasteiger partial charge in [0.15, 0.2) is 0 Å². The van der Waals surface area contributed by atoms with E-state index in [1.165, 1.54) is 5.56 Å². The van der Waals surface area contributed by atoms with E-state index in [4.69, 9.17) is 4.74 Å². The maximum atomic E-state index is 11.9. The topological polar surface area (TPSA) is 67.6 Å². The highest BCUT2D eigenvalue weighted by atomic mass is 16.5. The third-order valence-electron chi connectivity index (χ3n) is 4.91. The normalized spacial score (nSPS) is 22.1. The van der Waals surface area contributed by atoms with Crippen LogP contribution in [0.5, 0.6) is 0 Å². The molecule has 24 heavy (non-hydrogen) atoms. The van der Waals surface area contributed by atoms with E-state index in [1.54, 1.807) is 4.68 Å². The summed E-state index contributed by atoms with van der Waals surface area (Å²) in [6, 6.07) is 0.501. The second-order valence-electron chi connectivity index (χ2n) is 7.25. The minimum atomic E-state index is -0.256. The Morgan fingerprint density at radius 2 is 2.08 bits per heavy atom. The third kappa shape index (κ3) is 4.57. The van der Waals surface area contributed by atoms with E-state index in [2.05, 4.69) is 16.9 Å². The van der Waals surface area contributed by atoms with Crippen molar-refractivity contribution in [1.29, 1.82) is 0 Å². The fourth-order valence-corrected chi connectivity index (χ4v) is 3.37. The Hall–Kier alpha value is -1.40. The Morgan fingerprint density at radius 3 is 2.71 bits per heavy atom. The highest BCUT2D eigenvalue weighted by molar-refractivity contribution is 5.69. The number of nitrogens with zero attached hydrogens (tertiary/aromatic N) is 3. The second-order valence-corrected chi connectivity index (χ2v) is 7.25. The lowest BCUT2D eigenvalue weighted by Gasteiger charge is -2.37. The molecule has 0 amide bonds. The zero-order valence-corrected chi connectivity index (χ0v) is 15.6. The molecule has 1 aromatic heterocycles. The lowest BCUT2D eigenvalue weighted by molar-refractivity contribution is -0.148. The molecule has 0 radical (unpaired) electrons. The molecule has 136 valence electrons. The van der Waals surface area contributed by atoms with Crippen molar-refractivity contribution in [3.63, 3.8) is 0 Å². The van der Waals surface area contributed by atoms with Gasteiger partial charge in [0.2, 0.25) is 0 Å². The number of aliphatic hydroxyl groups is 1. The molecule has 1 aliphatic heterocycles. The van der Waals surface area contributed by atoms with Crippen molar-refractivity contribution in [1.82, 2.24) is 14.7 Å². The Bertz CT molecular complexity index is 568. The van der Waals surface area contributed by atoms with Gasteiger partial charge in [-0.15, -0.1) is 0 Å². The monoisotopic (exact) mass is 337 g/mol. The number of piperidine rings is 1. The summed E-state index contributed by atoms with van der Waals surface area (Å²) < 4.78 is 6.96. The maximum absolute atomic E-state index is 11.9. The molecule has 0 bridgehead atoms. The fraction of sp³-hybridized carbons (Fsp3) is 0.778. The van der Waals surface area contributed by atoms with Crippen LogP contribution in [0.1, 0.15) is 50.6 Å². The molecular weight excluding hydrogens is 306 g/mol. The van der Waals surface area contributed by atoms with Crippen LogP contribution < -0.4 is 0 Å². The van der Waals surface area contributed by atoms with Crippen LogP contribution in [0.25, 0.3) is 0 Å². The van der Waals surface area contributed by atoms with Crippen molar-refractivity contribution in [2.24, 2.45) is 5.92 Å². The molecule has 1 saturated heterocycles. The van der Waals surface area contributed by atoms with Crippen molar-refractivity contribution in [3.8, 4) is 0 Å². The largest absolute Gasteiger partial charge is 0.462 e. The first-order chi connectivity index (χ1) is 11.3. The van der Waals surface area contributed by atoms with Crippen LogP contribution in [0.2, 0.25) is 0 Å². The summed E-state index contributed by atoms with van der Waals surface area (Å²) in [4.78, 5) is 14.3. The van der Waals surface area contributed by atoms with E-state index in [-0.39, 0.29) is 25.2 Å². The van der Waals surface area contributed by atoms with Crippen LogP contribution in [0, 0.1) is 19.8 Å². The van der Waals surface area contributed by atoms with Gasteiger partial charge in [0.05, 0.1) is 11.8 Å². The van der Waals surface area contributed by atoms with Gasteiger partial charge in [-0.25, -0.2) is 0 Å². The molecule has 0 spiro atoms. The van der Waals surface area contributed by atoms with E-state index in [1.807, 2.05) is 27.7 Å². The zero-order chi connectivity index (χ0) is 17.9. The molecule has 1 fully saturated rings. The summed E-state index contributed by atoms with van der Waals surface area (Å²) in [6.45, 7) is 12.1. The fourth-order valence-electron chi connectivity index (χ4n) is 3.37. The summed E-state index contributed by atoms with van der Waals surface area (Å²) in [7, 11) is 0. The van der Waals surface area contributed by atoms with Crippen LogP contribution in [0.3, 0.4) is 0 Å². The first-order valence-corrected chi connectivity index (χ1v) is 8.89. The van der Waals surface area contributed by atoms with Gasteiger partial charge in [-0.1, -0.05) is 0 Å². The van der Waals surface area contributed by atoms with Gasteiger partial charge in [-0.3, -0.25) is 14.4 Å². The van der Waals surface area contributed by atoms with E-state index in [9.17, 15) is 9.90 Å². The Labute approximate surface area is 144 Å². The maximum Gasteiger partial charge on any atom is 0.328 e. The van der Waals surface area contributed by atoms with E-state index < -0.39 is 0 Å². The zero-order valence-electron chi connectivity index (χ0n) is 15.6. The highest BCUT2D eigenvalue weighted by Gasteiger charge is 2.27. The molecule has 1 aromatic rings. The van der Waals surface area contributed by atoms with Crippen molar-refractivity contribution in [2.75, 3.05) is 13.2 Å². The minimum absolute atomic E-state index is 0.112. The number of likely N-dealkylation sites (tertiary alicyclic amines) is 1. The first kappa shape index (κ1) is 18.9. The predicted molar refractivity (Wildman–Crippen MR) is 92.6 cm³/mol. The lowest BCUT2D eigenvalue weighted by atomic mass is 9.93. The molecule has 0 aliphatic carbocycles. The molecular formula is C18H31N3O3. The van der Waals surface area contributed by atoms with E-state index >= 15 is 0 Å². The van der Waals surface area contributed by atoms with Gasteiger partial charge in [0, 0.05) is 37.0 Å². The molecule has 6 nitrogen and oxygen atoms in total. The van der Waals surface area contributed by atoms with Gasteiger partial charge in [-0.05, 0) is 53.4 Å². The van der Waals surface area contributed by atoms with Gasteiger partial charge < -0.3 is 9.84 Å². The standard InChI is InChI=1S/C18H31N3O3/c1-12(2)24-18(23)10-21-15(5)17(14(4)19-21)9-20-8-16(11-22)7-6-13(20)3/h12-13,16,22H,6-11H2,1-5H3. The van der Waals surface area contributed by atoms with Gasteiger partial charge >= 0.3 is 5.97 Å². The van der Waals surface area contributed by atoms with Crippen molar-refractivity contribution in [2.45, 2.75) is 72.7 Å². The number of aromatic nitrogens is 2. The number of ether oxygens (including phenoxy) is 1. The van der Waals surface area contributed by atoms with Crippen LogP contribution >= 0.6 is 0 Å². The number of hydrogen-bond acceptors (Lipinski definition) is 5. The third-order valence-corrected chi connectivity index (χ3v) is 4.91. The molecule has 2 rings (SSSR count). The molecule has 0 saturated carbocycles. The average molecular weight is 337 g/mol.